The maximum absolute atomic E-state index is 12.8. The Morgan fingerprint density at radius 2 is 2.14 bits per heavy atom. The molecule has 1 aromatic heterocycles. The number of hydrogen-bond acceptors (Lipinski definition) is 6. The standard InChI is InChI=1S/C18H19BrN6O2S/c1-3-4-9-25-23-17(22-24-25)21-18(28)20-16(26)13-10-11-7-5-6-8-12(11)14(19)15(13)27-2/h5-8,10H,3-4,9H2,1-2H3,(H2,20,21,23,26,28). The summed E-state index contributed by atoms with van der Waals surface area (Å²) in [5.41, 5.74) is 0.358. The van der Waals surface area contributed by atoms with Gasteiger partial charge in [0.15, 0.2) is 5.11 Å². The normalized spacial score (nSPS) is 10.7. The average Bonchev–Trinajstić information content (AvgIpc) is 3.13. The first-order valence-corrected chi connectivity index (χ1v) is 9.89. The van der Waals surface area contributed by atoms with Crippen LogP contribution in [0.3, 0.4) is 0 Å². The molecule has 0 bridgehead atoms. The molecule has 0 radical (unpaired) electrons. The van der Waals surface area contributed by atoms with Crippen LogP contribution in [-0.2, 0) is 6.54 Å². The number of anilines is 1. The van der Waals surface area contributed by atoms with Gasteiger partial charge in [0.1, 0.15) is 5.75 Å². The molecule has 0 saturated heterocycles. The number of thiocarbonyl (C=S) groups is 1. The fourth-order valence-electron chi connectivity index (χ4n) is 2.64. The first kappa shape index (κ1) is 20.2. The number of carbonyl (C=O) groups excluding carboxylic acids is 1. The third-order valence-corrected chi connectivity index (χ3v) is 5.00. The number of benzene rings is 2. The monoisotopic (exact) mass is 462 g/mol. The molecular weight excluding hydrogens is 444 g/mol. The summed E-state index contributed by atoms with van der Waals surface area (Å²) in [6, 6.07) is 9.46. The Labute approximate surface area is 175 Å². The van der Waals surface area contributed by atoms with E-state index in [1.54, 1.807) is 6.07 Å². The van der Waals surface area contributed by atoms with E-state index in [-0.39, 0.29) is 11.1 Å². The largest absolute Gasteiger partial charge is 0.495 e. The van der Waals surface area contributed by atoms with Crippen LogP contribution in [0.5, 0.6) is 5.75 Å². The van der Waals surface area contributed by atoms with Gasteiger partial charge in [-0.05, 0) is 56.6 Å². The van der Waals surface area contributed by atoms with E-state index in [9.17, 15) is 4.79 Å². The number of halogens is 1. The van der Waals surface area contributed by atoms with Crippen molar-refractivity contribution in [3.8, 4) is 5.75 Å². The number of nitrogens with zero attached hydrogens (tertiary/aromatic N) is 4. The summed E-state index contributed by atoms with van der Waals surface area (Å²) < 4.78 is 6.14. The number of aryl methyl sites for hydroxylation is 1. The van der Waals surface area contributed by atoms with Crippen LogP contribution in [0.1, 0.15) is 30.1 Å². The van der Waals surface area contributed by atoms with Crippen molar-refractivity contribution in [2.24, 2.45) is 0 Å². The van der Waals surface area contributed by atoms with Crippen LogP contribution in [-0.4, -0.2) is 38.3 Å². The van der Waals surface area contributed by atoms with Crippen LogP contribution in [0.25, 0.3) is 10.8 Å². The highest BCUT2D eigenvalue weighted by atomic mass is 79.9. The summed E-state index contributed by atoms with van der Waals surface area (Å²) in [4.78, 5) is 14.3. The summed E-state index contributed by atoms with van der Waals surface area (Å²) in [7, 11) is 1.51. The molecule has 1 heterocycles. The topological polar surface area (TPSA) is 94.0 Å². The lowest BCUT2D eigenvalue weighted by atomic mass is 10.1. The van der Waals surface area contributed by atoms with Gasteiger partial charge < -0.3 is 4.74 Å². The number of carbonyl (C=O) groups is 1. The fourth-order valence-corrected chi connectivity index (χ4v) is 3.56. The molecule has 0 fully saturated rings. The zero-order valence-corrected chi connectivity index (χ0v) is 17.8. The number of aromatic nitrogens is 4. The fraction of sp³-hybridized carbons (Fsp3) is 0.278. The van der Waals surface area contributed by atoms with Crippen LogP contribution in [0.15, 0.2) is 34.8 Å². The molecule has 1 amide bonds. The lowest BCUT2D eigenvalue weighted by Gasteiger charge is -2.13. The first-order chi connectivity index (χ1) is 13.5. The average molecular weight is 463 g/mol. The number of methoxy groups -OCH3 is 1. The van der Waals surface area contributed by atoms with Crippen LogP contribution < -0.4 is 15.4 Å². The second kappa shape index (κ2) is 9.07. The number of tetrazole rings is 1. The molecule has 0 spiro atoms. The summed E-state index contributed by atoms with van der Waals surface area (Å²) in [6.07, 6.45) is 1.98. The molecule has 0 aliphatic carbocycles. The molecule has 2 N–H and O–H groups in total. The number of amides is 1. The van der Waals surface area contributed by atoms with E-state index in [1.807, 2.05) is 24.3 Å². The van der Waals surface area contributed by atoms with Gasteiger partial charge in [-0.1, -0.05) is 42.7 Å². The molecule has 146 valence electrons. The Morgan fingerprint density at radius 3 is 2.89 bits per heavy atom. The molecule has 0 atom stereocenters. The van der Waals surface area contributed by atoms with Crippen molar-refractivity contribution in [3.05, 3.63) is 40.4 Å². The lowest BCUT2D eigenvalue weighted by molar-refractivity contribution is 0.0975. The van der Waals surface area contributed by atoms with Gasteiger partial charge in [0.2, 0.25) is 0 Å². The molecule has 2 aromatic carbocycles. The van der Waals surface area contributed by atoms with Gasteiger partial charge in [0, 0.05) is 0 Å². The zero-order chi connectivity index (χ0) is 20.1. The predicted molar refractivity (Wildman–Crippen MR) is 115 cm³/mol. The van der Waals surface area contributed by atoms with E-state index in [2.05, 4.69) is 48.9 Å². The molecule has 0 aliphatic heterocycles. The molecule has 0 unspecified atom stereocenters. The van der Waals surface area contributed by atoms with Crippen molar-refractivity contribution < 1.29 is 9.53 Å². The van der Waals surface area contributed by atoms with E-state index < -0.39 is 5.91 Å². The first-order valence-electron chi connectivity index (χ1n) is 8.68. The second-order valence-corrected chi connectivity index (χ2v) is 7.16. The Bertz CT molecular complexity index is 1020. The highest BCUT2D eigenvalue weighted by Crippen LogP contribution is 2.36. The highest BCUT2D eigenvalue weighted by Gasteiger charge is 2.19. The molecule has 0 saturated carbocycles. The van der Waals surface area contributed by atoms with Crippen LogP contribution in [0, 0.1) is 0 Å². The van der Waals surface area contributed by atoms with Crippen LogP contribution in [0.2, 0.25) is 0 Å². The maximum Gasteiger partial charge on any atom is 0.269 e. The van der Waals surface area contributed by atoms with Crippen molar-refractivity contribution in [2.45, 2.75) is 26.3 Å². The van der Waals surface area contributed by atoms with Gasteiger partial charge in [-0.3, -0.25) is 15.4 Å². The van der Waals surface area contributed by atoms with Gasteiger partial charge in [0.25, 0.3) is 11.9 Å². The molecule has 3 rings (SSSR count). The van der Waals surface area contributed by atoms with Crippen molar-refractivity contribution in [1.82, 2.24) is 25.5 Å². The quantitative estimate of drug-likeness (QED) is 0.541. The van der Waals surface area contributed by atoms with E-state index in [0.29, 0.717) is 22.3 Å². The van der Waals surface area contributed by atoms with Gasteiger partial charge in [-0.15, -0.1) is 5.10 Å². The van der Waals surface area contributed by atoms with Gasteiger partial charge in [0.05, 0.1) is 23.7 Å². The maximum atomic E-state index is 12.8. The Hall–Kier alpha value is -2.59. The van der Waals surface area contributed by atoms with Gasteiger partial charge in [-0.25, -0.2) is 0 Å². The minimum absolute atomic E-state index is 0.0753. The number of nitrogens with one attached hydrogen (secondary N) is 2. The Morgan fingerprint density at radius 1 is 1.36 bits per heavy atom. The summed E-state index contributed by atoms with van der Waals surface area (Å²) in [5, 5.41) is 19.3. The Balaban J connectivity index is 1.75. The number of fused-ring (bicyclic) bond motifs is 1. The minimum Gasteiger partial charge on any atom is -0.495 e. The van der Waals surface area contributed by atoms with Crippen molar-refractivity contribution in [1.29, 1.82) is 0 Å². The summed E-state index contributed by atoms with van der Waals surface area (Å²) in [6.45, 7) is 2.76. The van der Waals surface area contributed by atoms with Gasteiger partial charge >= 0.3 is 0 Å². The van der Waals surface area contributed by atoms with Crippen molar-refractivity contribution >= 4 is 55.9 Å². The molecule has 0 aliphatic rings. The third-order valence-electron chi connectivity index (χ3n) is 4.01. The predicted octanol–water partition coefficient (Wildman–Crippen LogP) is 3.52. The Kier molecular flexibility index (Phi) is 6.53. The minimum atomic E-state index is -0.404. The van der Waals surface area contributed by atoms with E-state index >= 15 is 0 Å². The van der Waals surface area contributed by atoms with E-state index in [1.165, 1.54) is 11.9 Å². The summed E-state index contributed by atoms with van der Waals surface area (Å²) in [5.74, 6) is 0.259. The molecular formula is C18H19BrN6O2S. The zero-order valence-electron chi connectivity index (χ0n) is 15.4. The number of ether oxygens (including phenoxy) is 1. The van der Waals surface area contributed by atoms with E-state index in [4.69, 9.17) is 17.0 Å². The van der Waals surface area contributed by atoms with Crippen LogP contribution >= 0.6 is 28.1 Å². The molecule has 8 nitrogen and oxygen atoms in total. The second-order valence-electron chi connectivity index (χ2n) is 5.96. The number of unbranched alkanes of at least 4 members (excludes halogenated alkanes) is 1. The van der Waals surface area contributed by atoms with Gasteiger partial charge in [-0.2, -0.15) is 4.80 Å². The van der Waals surface area contributed by atoms with Crippen LogP contribution in [0.4, 0.5) is 5.95 Å². The van der Waals surface area contributed by atoms with Crippen molar-refractivity contribution in [2.75, 3.05) is 12.4 Å². The summed E-state index contributed by atoms with van der Waals surface area (Å²) >= 11 is 8.72. The van der Waals surface area contributed by atoms with Crippen molar-refractivity contribution in [3.63, 3.8) is 0 Å². The number of hydrogen-bond donors (Lipinski definition) is 2. The molecule has 3 aromatic rings. The lowest BCUT2D eigenvalue weighted by Crippen LogP contribution is -2.34. The highest BCUT2D eigenvalue weighted by molar-refractivity contribution is 9.10. The molecule has 28 heavy (non-hydrogen) atoms. The smallest absolute Gasteiger partial charge is 0.269 e. The van der Waals surface area contributed by atoms with E-state index in [0.717, 1.165) is 23.6 Å². The SMILES string of the molecule is CCCCn1nnc(NC(=S)NC(=O)c2cc3ccccc3c(Br)c2OC)n1. The molecule has 10 heteroatoms. The number of rotatable bonds is 6. The third kappa shape index (κ3) is 4.45.